The number of ketones is 2. The fourth-order valence-electron chi connectivity index (χ4n) is 2.23. The highest BCUT2D eigenvalue weighted by molar-refractivity contribution is 6.50. The number of rotatable bonds is 5. The van der Waals surface area contributed by atoms with Gasteiger partial charge in [0.15, 0.2) is 5.78 Å². The topological polar surface area (TPSA) is 105 Å². The van der Waals surface area contributed by atoms with Crippen molar-refractivity contribution in [1.29, 1.82) is 0 Å². The van der Waals surface area contributed by atoms with Gasteiger partial charge in [-0.3, -0.25) is 9.59 Å². The number of Topliss-reactive ketones (excluding diaryl/α,β-unsaturated/α-hetero) is 1. The van der Waals surface area contributed by atoms with Crippen LogP contribution in [0.4, 0.5) is 11.4 Å². The average molecular weight is 317 g/mol. The van der Waals surface area contributed by atoms with Crippen LogP contribution in [0.15, 0.2) is 35.0 Å². The van der Waals surface area contributed by atoms with Crippen molar-refractivity contribution in [3.8, 4) is 5.75 Å². The Morgan fingerprint density at radius 2 is 2.13 bits per heavy atom. The molecule has 0 unspecified atom stereocenters. The third-order valence-electron chi connectivity index (χ3n) is 3.49. The van der Waals surface area contributed by atoms with Crippen LogP contribution in [-0.4, -0.2) is 54.6 Å². The molecular weight excluding hydrogens is 298 g/mol. The SMILES string of the molecule is COc1cc(N=C2CC(=O)C(N(C)CCO)=CC2=O)ccc1N. The third kappa shape index (κ3) is 3.75. The minimum atomic E-state index is -0.319. The normalized spacial score (nSPS) is 16.5. The molecule has 0 aliphatic heterocycles. The van der Waals surface area contributed by atoms with E-state index in [0.29, 0.717) is 17.1 Å². The lowest BCUT2D eigenvalue weighted by atomic mass is 9.99. The number of anilines is 1. The van der Waals surface area contributed by atoms with Crippen LogP contribution < -0.4 is 10.5 Å². The molecule has 2 rings (SSSR count). The van der Waals surface area contributed by atoms with E-state index >= 15 is 0 Å². The molecular formula is C16H19N3O4. The molecule has 1 aliphatic carbocycles. The molecule has 0 bridgehead atoms. The fourth-order valence-corrected chi connectivity index (χ4v) is 2.23. The number of allylic oxidation sites excluding steroid dienone is 2. The first-order valence-electron chi connectivity index (χ1n) is 7.08. The van der Waals surface area contributed by atoms with Crippen LogP contribution in [0.2, 0.25) is 0 Å². The molecule has 1 aromatic carbocycles. The van der Waals surface area contributed by atoms with Gasteiger partial charge in [0.2, 0.25) is 5.78 Å². The minimum absolute atomic E-state index is 0.0763. The lowest BCUT2D eigenvalue weighted by Gasteiger charge is -2.23. The predicted octanol–water partition coefficient (Wildman–Crippen LogP) is 0.700. The summed E-state index contributed by atoms with van der Waals surface area (Å²) in [4.78, 5) is 30.1. The summed E-state index contributed by atoms with van der Waals surface area (Å²) in [5, 5.41) is 8.93. The Kier molecular flexibility index (Phi) is 5.13. The van der Waals surface area contributed by atoms with Gasteiger partial charge in [-0.15, -0.1) is 0 Å². The van der Waals surface area contributed by atoms with Crippen LogP contribution in [-0.2, 0) is 9.59 Å². The molecule has 1 aliphatic rings. The maximum atomic E-state index is 12.2. The third-order valence-corrected chi connectivity index (χ3v) is 3.49. The summed E-state index contributed by atoms with van der Waals surface area (Å²) in [7, 11) is 3.14. The second-order valence-corrected chi connectivity index (χ2v) is 5.12. The van der Waals surface area contributed by atoms with Crippen LogP contribution in [0.5, 0.6) is 5.75 Å². The van der Waals surface area contributed by atoms with E-state index in [1.807, 2.05) is 0 Å². The summed E-state index contributed by atoms with van der Waals surface area (Å²) in [5.41, 5.74) is 7.15. The number of carbonyl (C=O) groups is 2. The van der Waals surface area contributed by atoms with E-state index in [4.69, 9.17) is 15.6 Å². The summed E-state index contributed by atoms with van der Waals surface area (Å²) in [5.74, 6) is -0.0674. The Labute approximate surface area is 134 Å². The highest BCUT2D eigenvalue weighted by atomic mass is 16.5. The number of nitrogens with zero attached hydrogens (tertiary/aromatic N) is 2. The molecule has 0 spiro atoms. The molecule has 0 heterocycles. The van der Waals surface area contributed by atoms with Crippen LogP contribution in [0, 0.1) is 0 Å². The van der Waals surface area contributed by atoms with Gasteiger partial charge >= 0.3 is 0 Å². The number of nitrogens with two attached hydrogens (primary N) is 1. The molecule has 0 fully saturated rings. The number of ether oxygens (including phenoxy) is 1. The lowest BCUT2D eigenvalue weighted by Crippen LogP contribution is -2.33. The Bertz CT molecular complexity index is 695. The number of nitrogen functional groups attached to an aromatic ring is 1. The zero-order chi connectivity index (χ0) is 17.0. The zero-order valence-electron chi connectivity index (χ0n) is 13.1. The van der Waals surface area contributed by atoms with Gasteiger partial charge in [-0.1, -0.05) is 0 Å². The Morgan fingerprint density at radius 1 is 1.39 bits per heavy atom. The smallest absolute Gasteiger partial charge is 0.202 e. The molecule has 23 heavy (non-hydrogen) atoms. The molecule has 0 aromatic heterocycles. The molecule has 7 nitrogen and oxygen atoms in total. The van der Waals surface area contributed by atoms with Crippen molar-refractivity contribution in [3.63, 3.8) is 0 Å². The average Bonchev–Trinajstić information content (AvgIpc) is 2.52. The maximum Gasteiger partial charge on any atom is 0.202 e. The monoisotopic (exact) mass is 317 g/mol. The van der Waals surface area contributed by atoms with Gasteiger partial charge in [-0.25, -0.2) is 4.99 Å². The van der Waals surface area contributed by atoms with E-state index in [0.717, 1.165) is 0 Å². The molecule has 122 valence electrons. The first-order chi connectivity index (χ1) is 11.0. The fraction of sp³-hybridized carbons (Fsp3) is 0.312. The van der Waals surface area contributed by atoms with Gasteiger partial charge in [0.25, 0.3) is 0 Å². The van der Waals surface area contributed by atoms with Crippen molar-refractivity contribution < 1.29 is 19.4 Å². The van der Waals surface area contributed by atoms with Crippen molar-refractivity contribution in [1.82, 2.24) is 4.90 Å². The second kappa shape index (κ2) is 7.06. The first-order valence-corrected chi connectivity index (χ1v) is 7.08. The number of aliphatic hydroxyl groups excluding tert-OH is 1. The highest BCUT2D eigenvalue weighted by Gasteiger charge is 2.26. The van der Waals surface area contributed by atoms with Gasteiger partial charge < -0.3 is 20.5 Å². The van der Waals surface area contributed by atoms with E-state index < -0.39 is 0 Å². The summed E-state index contributed by atoms with van der Waals surface area (Å²) < 4.78 is 5.11. The largest absolute Gasteiger partial charge is 0.495 e. The molecule has 1 aromatic rings. The van der Waals surface area contributed by atoms with Crippen LogP contribution in [0.1, 0.15) is 6.42 Å². The van der Waals surface area contributed by atoms with Gasteiger partial charge in [-0.2, -0.15) is 0 Å². The van der Waals surface area contributed by atoms with Crippen LogP contribution in [0.3, 0.4) is 0 Å². The van der Waals surface area contributed by atoms with Crippen LogP contribution in [0.25, 0.3) is 0 Å². The van der Waals surface area contributed by atoms with E-state index in [1.165, 1.54) is 13.2 Å². The molecule has 0 saturated carbocycles. The standard InChI is InChI=1S/C16H19N3O4/c1-19(5-6-20)13-9-14(21)12(8-15(13)22)18-10-3-4-11(17)16(7-10)23-2/h3-4,7,9,20H,5-6,8,17H2,1-2H3. The van der Waals surface area contributed by atoms with Crippen molar-refractivity contribution in [2.75, 3.05) is 33.0 Å². The van der Waals surface area contributed by atoms with Crippen molar-refractivity contribution in [3.05, 3.63) is 30.0 Å². The molecule has 0 radical (unpaired) electrons. The Hall–Kier alpha value is -2.67. The number of carbonyl (C=O) groups excluding carboxylic acids is 2. The molecule has 0 amide bonds. The van der Waals surface area contributed by atoms with Crippen molar-refractivity contribution >= 4 is 28.7 Å². The Balaban J connectivity index is 2.29. The summed E-state index contributed by atoms with van der Waals surface area (Å²) in [6, 6.07) is 4.89. The number of likely N-dealkylation sites (N-methyl/N-ethyl adjacent to an activating group) is 1. The molecule has 0 atom stereocenters. The van der Waals surface area contributed by atoms with Crippen LogP contribution >= 0.6 is 0 Å². The van der Waals surface area contributed by atoms with Gasteiger partial charge in [0.1, 0.15) is 5.75 Å². The quantitative estimate of drug-likeness (QED) is 0.775. The number of hydrogen-bond donors (Lipinski definition) is 2. The maximum absolute atomic E-state index is 12.2. The number of methoxy groups -OCH3 is 1. The van der Waals surface area contributed by atoms with Crippen molar-refractivity contribution in [2.24, 2.45) is 4.99 Å². The zero-order valence-corrected chi connectivity index (χ0v) is 13.1. The second-order valence-electron chi connectivity index (χ2n) is 5.12. The predicted molar refractivity (Wildman–Crippen MR) is 86.9 cm³/mol. The minimum Gasteiger partial charge on any atom is -0.495 e. The van der Waals surface area contributed by atoms with E-state index in [1.54, 1.807) is 30.1 Å². The summed E-state index contributed by atoms with van der Waals surface area (Å²) in [6.45, 7) is 0.188. The van der Waals surface area contributed by atoms with E-state index in [-0.39, 0.29) is 42.5 Å². The summed E-state index contributed by atoms with van der Waals surface area (Å²) in [6.07, 6.45) is 1.18. The molecule has 0 saturated heterocycles. The first kappa shape index (κ1) is 16.7. The van der Waals surface area contributed by atoms with E-state index in [9.17, 15) is 9.59 Å². The number of benzene rings is 1. The highest BCUT2D eigenvalue weighted by Crippen LogP contribution is 2.27. The van der Waals surface area contributed by atoms with Crippen molar-refractivity contribution in [2.45, 2.75) is 6.42 Å². The number of aliphatic imine (C=N–C) groups is 1. The van der Waals surface area contributed by atoms with Gasteiger partial charge in [0.05, 0.1) is 42.9 Å². The number of aliphatic hydroxyl groups is 1. The number of hydrogen-bond acceptors (Lipinski definition) is 7. The lowest BCUT2D eigenvalue weighted by molar-refractivity contribution is -0.118. The van der Waals surface area contributed by atoms with Gasteiger partial charge in [-0.05, 0) is 12.1 Å². The molecule has 3 N–H and O–H groups in total. The van der Waals surface area contributed by atoms with E-state index in [2.05, 4.69) is 4.99 Å². The van der Waals surface area contributed by atoms with Gasteiger partial charge in [0, 0.05) is 25.7 Å². The summed E-state index contributed by atoms with van der Waals surface area (Å²) >= 11 is 0. The molecule has 7 heteroatoms. The Morgan fingerprint density at radius 3 is 2.78 bits per heavy atom.